The number of hydrogen-bond donors (Lipinski definition) is 1. The van der Waals surface area contributed by atoms with Crippen molar-refractivity contribution >= 4 is 16.6 Å². The second-order valence-electron chi connectivity index (χ2n) is 6.37. The summed E-state index contributed by atoms with van der Waals surface area (Å²) < 4.78 is 27.2. The van der Waals surface area contributed by atoms with Crippen LogP contribution in [0, 0.1) is 5.82 Å². The van der Waals surface area contributed by atoms with Gasteiger partial charge in [-0.1, -0.05) is 0 Å². The predicted molar refractivity (Wildman–Crippen MR) is 91.0 cm³/mol. The van der Waals surface area contributed by atoms with Crippen molar-refractivity contribution < 1.29 is 13.9 Å². The monoisotopic (exact) mass is 320 g/mol. The highest BCUT2D eigenvalue weighted by Crippen LogP contribution is 2.38. The van der Waals surface area contributed by atoms with Gasteiger partial charge < -0.3 is 19.4 Å². The zero-order valence-electron chi connectivity index (χ0n) is 14.1. The summed E-state index contributed by atoms with van der Waals surface area (Å²) in [5.74, 6) is 0.0305. The molecule has 5 heteroatoms. The van der Waals surface area contributed by atoms with Gasteiger partial charge in [0.1, 0.15) is 0 Å². The fraction of sp³-hybridized carbons (Fsp3) is 0.556. The van der Waals surface area contributed by atoms with E-state index in [0.717, 1.165) is 42.4 Å². The Morgan fingerprint density at radius 2 is 2.13 bits per heavy atom. The van der Waals surface area contributed by atoms with Gasteiger partial charge in [0.15, 0.2) is 11.6 Å². The van der Waals surface area contributed by atoms with Crippen molar-refractivity contribution in [2.45, 2.75) is 45.7 Å². The minimum Gasteiger partial charge on any atom is -0.490 e. The maximum atomic E-state index is 14.4. The first-order chi connectivity index (χ1) is 11.1. The van der Waals surface area contributed by atoms with Gasteiger partial charge in [0.25, 0.3) is 0 Å². The van der Waals surface area contributed by atoms with Gasteiger partial charge >= 0.3 is 0 Å². The van der Waals surface area contributed by atoms with Crippen LogP contribution in [0.4, 0.5) is 10.1 Å². The van der Waals surface area contributed by atoms with E-state index in [2.05, 4.69) is 23.7 Å². The number of aromatic nitrogens is 1. The molecular weight excluding hydrogens is 295 g/mol. The molecule has 1 N–H and O–H groups in total. The molecule has 0 aliphatic carbocycles. The quantitative estimate of drug-likeness (QED) is 0.784. The smallest absolute Gasteiger partial charge is 0.167 e. The van der Waals surface area contributed by atoms with E-state index < -0.39 is 0 Å². The highest BCUT2D eigenvalue weighted by atomic mass is 19.1. The van der Waals surface area contributed by atoms with Crippen LogP contribution in [0.3, 0.4) is 0 Å². The number of ether oxygens (including phenoxy) is 2. The Hall–Kier alpha value is -1.75. The molecule has 1 aliphatic rings. The summed E-state index contributed by atoms with van der Waals surface area (Å²) in [5.41, 5.74) is 3.38. The molecule has 1 aliphatic heterocycles. The highest BCUT2D eigenvalue weighted by molar-refractivity contribution is 5.96. The molecule has 0 amide bonds. The van der Waals surface area contributed by atoms with E-state index in [9.17, 15) is 4.39 Å². The standard InChI is InChI=1S/C18H25FN2O2/c1-12(2)20-18-13-10-17(23-9-5-8-22-3)14(19)11-16(13)21-7-4-6-15(18)21/h10-12,20H,4-9H2,1-3H3. The minimum absolute atomic E-state index is 0.293. The number of nitrogens with zero attached hydrogens (tertiary/aromatic N) is 1. The summed E-state index contributed by atoms with van der Waals surface area (Å²) in [7, 11) is 1.65. The molecule has 1 aromatic carbocycles. The number of nitrogens with one attached hydrogen (secondary N) is 1. The fourth-order valence-electron chi connectivity index (χ4n) is 3.27. The molecule has 0 fully saturated rings. The van der Waals surface area contributed by atoms with E-state index >= 15 is 0 Å². The lowest BCUT2D eigenvalue weighted by molar-refractivity contribution is 0.170. The Kier molecular flexibility index (Phi) is 4.76. The molecule has 4 nitrogen and oxygen atoms in total. The van der Waals surface area contributed by atoms with E-state index in [-0.39, 0.29) is 5.82 Å². The number of fused-ring (bicyclic) bond motifs is 3. The van der Waals surface area contributed by atoms with Gasteiger partial charge in [-0.3, -0.25) is 0 Å². The van der Waals surface area contributed by atoms with Crippen LogP contribution in [-0.4, -0.2) is 30.9 Å². The number of hydrogen-bond acceptors (Lipinski definition) is 3. The molecule has 0 atom stereocenters. The van der Waals surface area contributed by atoms with Gasteiger partial charge in [0, 0.05) is 49.9 Å². The Bertz CT molecular complexity index is 694. The van der Waals surface area contributed by atoms with Crippen LogP contribution in [0.1, 0.15) is 32.4 Å². The van der Waals surface area contributed by atoms with E-state index in [1.807, 2.05) is 6.07 Å². The van der Waals surface area contributed by atoms with E-state index in [0.29, 0.717) is 25.0 Å². The molecule has 0 bridgehead atoms. The lowest BCUT2D eigenvalue weighted by Crippen LogP contribution is -2.10. The largest absolute Gasteiger partial charge is 0.490 e. The Balaban J connectivity index is 1.97. The van der Waals surface area contributed by atoms with Gasteiger partial charge in [0.2, 0.25) is 0 Å². The summed E-state index contributed by atoms with van der Waals surface area (Å²) in [5, 5.41) is 4.58. The summed E-state index contributed by atoms with van der Waals surface area (Å²) in [6, 6.07) is 3.79. The van der Waals surface area contributed by atoms with E-state index in [4.69, 9.17) is 9.47 Å². The minimum atomic E-state index is -0.293. The average Bonchev–Trinajstić information content (AvgIpc) is 3.07. The maximum Gasteiger partial charge on any atom is 0.167 e. The first-order valence-corrected chi connectivity index (χ1v) is 8.34. The van der Waals surface area contributed by atoms with Crippen LogP contribution in [0.15, 0.2) is 12.1 Å². The molecule has 0 radical (unpaired) electrons. The van der Waals surface area contributed by atoms with Gasteiger partial charge in [0.05, 0.1) is 17.8 Å². The van der Waals surface area contributed by atoms with Gasteiger partial charge in [-0.05, 0) is 32.8 Å². The van der Waals surface area contributed by atoms with Crippen LogP contribution >= 0.6 is 0 Å². The lowest BCUT2D eigenvalue weighted by atomic mass is 10.1. The zero-order chi connectivity index (χ0) is 16.4. The van der Waals surface area contributed by atoms with Crippen LogP contribution < -0.4 is 10.1 Å². The Morgan fingerprint density at radius 1 is 1.30 bits per heavy atom. The highest BCUT2D eigenvalue weighted by Gasteiger charge is 2.23. The first-order valence-electron chi connectivity index (χ1n) is 8.34. The van der Waals surface area contributed by atoms with Crippen LogP contribution in [0.5, 0.6) is 5.75 Å². The number of aryl methyl sites for hydroxylation is 1. The summed E-state index contributed by atoms with van der Waals surface area (Å²) in [4.78, 5) is 0. The molecular formula is C18H25FN2O2. The van der Waals surface area contributed by atoms with Crippen molar-refractivity contribution in [1.82, 2.24) is 4.57 Å². The molecule has 0 saturated carbocycles. The molecule has 1 aromatic heterocycles. The molecule has 2 aromatic rings. The molecule has 0 spiro atoms. The molecule has 2 heterocycles. The molecule has 0 unspecified atom stereocenters. The molecule has 0 saturated heterocycles. The summed E-state index contributed by atoms with van der Waals surface area (Å²) >= 11 is 0. The molecule has 3 rings (SSSR count). The Morgan fingerprint density at radius 3 is 2.87 bits per heavy atom. The molecule has 23 heavy (non-hydrogen) atoms. The summed E-state index contributed by atoms with van der Waals surface area (Å²) in [6.45, 7) is 6.27. The number of benzene rings is 1. The van der Waals surface area contributed by atoms with Gasteiger partial charge in [-0.2, -0.15) is 0 Å². The zero-order valence-corrected chi connectivity index (χ0v) is 14.1. The Labute approximate surface area is 136 Å². The van der Waals surface area contributed by atoms with E-state index in [1.165, 1.54) is 5.69 Å². The number of anilines is 1. The second kappa shape index (κ2) is 6.79. The second-order valence-corrected chi connectivity index (χ2v) is 6.37. The number of methoxy groups -OCH3 is 1. The van der Waals surface area contributed by atoms with Crippen molar-refractivity contribution in [3.8, 4) is 5.75 Å². The topological polar surface area (TPSA) is 35.4 Å². The van der Waals surface area contributed by atoms with Crippen molar-refractivity contribution in [2.75, 3.05) is 25.6 Å². The van der Waals surface area contributed by atoms with Crippen molar-refractivity contribution in [2.24, 2.45) is 0 Å². The third-order valence-electron chi connectivity index (χ3n) is 4.20. The van der Waals surface area contributed by atoms with Crippen molar-refractivity contribution in [3.63, 3.8) is 0 Å². The van der Waals surface area contributed by atoms with Crippen molar-refractivity contribution in [3.05, 3.63) is 23.6 Å². The molecule has 126 valence electrons. The third-order valence-corrected chi connectivity index (χ3v) is 4.20. The number of rotatable bonds is 7. The van der Waals surface area contributed by atoms with Crippen LogP contribution in [0.25, 0.3) is 10.9 Å². The van der Waals surface area contributed by atoms with E-state index in [1.54, 1.807) is 13.2 Å². The maximum absolute atomic E-state index is 14.4. The first kappa shape index (κ1) is 16.1. The van der Waals surface area contributed by atoms with Crippen molar-refractivity contribution in [1.29, 1.82) is 0 Å². The average molecular weight is 320 g/mol. The normalized spacial score (nSPS) is 13.8. The predicted octanol–water partition coefficient (Wildman–Crippen LogP) is 3.96. The van der Waals surface area contributed by atoms with Crippen LogP contribution in [-0.2, 0) is 17.7 Å². The fourth-order valence-corrected chi connectivity index (χ4v) is 3.27. The van der Waals surface area contributed by atoms with Gasteiger partial charge in [-0.15, -0.1) is 0 Å². The summed E-state index contributed by atoms with van der Waals surface area (Å²) in [6.07, 6.45) is 2.90. The number of halogens is 1. The van der Waals surface area contributed by atoms with Crippen LogP contribution in [0.2, 0.25) is 0 Å². The SMILES string of the molecule is COCCCOc1cc2c(NC(C)C)c3n(c2cc1F)CCC3. The third kappa shape index (κ3) is 3.15. The van der Waals surface area contributed by atoms with Gasteiger partial charge in [-0.25, -0.2) is 4.39 Å². The lowest BCUT2D eigenvalue weighted by Gasteiger charge is -2.12.